The summed E-state index contributed by atoms with van der Waals surface area (Å²) < 4.78 is 45.7. The van der Waals surface area contributed by atoms with Gasteiger partial charge in [0.2, 0.25) is 11.8 Å². The molecule has 36 heavy (non-hydrogen) atoms. The Kier molecular flexibility index (Phi) is 6.78. The van der Waals surface area contributed by atoms with Gasteiger partial charge in [-0.2, -0.15) is 23.3 Å². The van der Waals surface area contributed by atoms with E-state index >= 15 is 0 Å². The average Bonchev–Trinajstić information content (AvgIpc) is 3.07. The van der Waals surface area contributed by atoms with Crippen LogP contribution in [0, 0.1) is 27.7 Å². The summed E-state index contributed by atoms with van der Waals surface area (Å²) in [5.41, 5.74) is 3.24. The number of nitrogens with one attached hydrogen (secondary N) is 1. The van der Waals surface area contributed by atoms with Crippen molar-refractivity contribution in [1.29, 1.82) is 0 Å². The molecular weight excluding hydrogens is 471 g/mol. The van der Waals surface area contributed by atoms with E-state index in [1.807, 2.05) is 20.8 Å². The molecule has 4 rings (SSSR count). The van der Waals surface area contributed by atoms with E-state index in [1.54, 1.807) is 41.9 Å². The van der Waals surface area contributed by atoms with Gasteiger partial charge in [-0.1, -0.05) is 12.1 Å². The Morgan fingerprint density at radius 2 is 1.64 bits per heavy atom. The van der Waals surface area contributed by atoms with Crippen LogP contribution in [0.25, 0.3) is 5.82 Å². The number of aromatic nitrogens is 4. The average molecular weight is 496 g/mol. The molecule has 0 spiro atoms. The number of aryl methyl sites for hydroxylation is 2. The summed E-state index contributed by atoms with van der Waals surface area (Å²) in [4.78, 5) is 21.1. The molecule has 0 radical (unpaired) electrons. The largest absolute Gasteiger partial charge is 0.439 e. The molecule has 0 saturated carbocycles. The SMILES string of the molecule is Cc1nc(Oc2ccc(NC(=O)Cc3ccc(C(F)(F)F)cc3)cc2)cc(-n2nc(C)c(C)c2C)n1. The smallest absolute Gasteiger partial charge is 0.416 e. The number of anilines is 1. The van der Waals surface area contributed by atoms with Gasteiger partial charge in [0, 0.05) is 17.4 Å². The quantitative estimate of drug-likeness (QED) is 0.361. The molecule has 7 nitrogen and oxygen atoms in total. The summed E-state index contributed by atoms with van der Waals surface area (Å²) in [6.07, 6.45) is -4.46. The van der Waals surface area contributed by atoms with Gasteiger partial charge in [-0.15, -0.1) is 0 Å². The van der Waals surface area contributed by atoms with Gasteiger partial charge in [-0.3, -0.25) is 4.79 Å². The topological polar surface area (TPSA) is 81.9 Å². The number of amides is 1. The van der Waals surface area contributed by atoms with Gasteiger partial charge in [0.15, 0.2) is 5.82 Å². The Morgan fingerprint density at radius 3 is 2.22 bits per heavy atom. The van der Waals surface area contributed by atoms with E-state index in [-0.39, 0.29) is 12.3 Å². The maximum absolute atomic E-state index is 12.7. The van der Waals surface area contributed by atoms with Crippen LogP contribution in [0.2, 0.25) is 0 Å². The maximum atomic E-state index is 12.7. The predicted octanol–water partition coefficient (Wildman–Crippen LogP) is 5.89. The fourth-order valence-electron chi connectivity index (χ4n) is 3.56. The van der Waals surface area contributed by atoms with E-state index in [2.05, 4.69) is 20.4 Å². The van der Waals surface area contributed by atoms with Crippen LogP contribution in [0.3, 0.4) is 0 Å². The summed E-state index contributed by atoms with van der Waals surface area (Å²) in [5, 5.41) is 7.26. The molecule has 0 unspecified atom stereocenters. The number of hydrogen-bond donors (Lipinski definition) is 1. The number of ether oxygens (including phenoxy) is 1. The number of hydrogen-bond acceptors (Lipinski definition) is 5. The van der Waals surface area contributed by atoms with Crippen molar-refractivity contribution in [3.05, 3.63) is 88.5 Å². The first-order valence-corrected chi connectivity index (χ1v) is 11.1. The van der Waals surface area contributed by atoms with E-state index in [1.165, 1.54) is 12.1 Å². The van der Waals surface area contributed by atoms with Crippen molar-refractivity contribution >= 4 is 11.6 Å². The highest BCUT2D eigenvalue weighted by atomic mass is 19.4. The molecule has 0 saturated heterocycles. The Morgan fingerprint density at radius 1 is 0.972 bits per heavy atom. The lowest BCUT2D eigenvalue weighted by atomic mass is 10.1. The lowest BCUT2D eigenvalue weighted by molar-refractivity contribution is -0.137. The molecule has 2 aromatic heterocycles. The van der Waals surface area contributed by atoms with Crippen LogP contribution in [0.1, 0.15) is 33.9 Å². The van der Waals surface area contributed by atoms with Crippen LogP contribution in [-0.4, -0.2) is 25.7 Å². The van der Waals surface area contributed by atoms with Crippen molar-refractivity contribution in [3.63, 3.8) is 0 Å². The molecule has 0 aliphatic carbocycles. The van der Waals surface area contributed by atoms with Gasteiger partial charge in [0.1, 0.15) is 11.6 Å². The van der Waals surface area contributed by atoms with Crippen molar-refractivity contribution in [2.45, 2.75) is 40.3 Å². The van der Waals surface area contributed by atoms with Crippen LogP contribution in [0.15, 0.2) is 54.6 Å². The van der Waals surface area contributed by atoms with E-state index < -0.39 is 11.7 Å². The van der Waals surface area contributed by atoms with Crippen molar-refractivity contribution < 1.29 is 22.7 Å². The van der Waals surface area contributed by atoms with Crippen molar-refractivity contribution in [1.82, 2.24) is 19.7 Å². The minimum atomic E-state index is -4.41. The van der Waals surface area contributed by atoms with Crippen LogP contribution in [0.5, 0.6) is 11.6 Å². The van der Waals surface area contributed by atoms with Crippen LogP contribution >= 0.6 is 0 Å². The summed E-state index contributed by atoms with van der Waals surface area (Å²) in [5.74, 6) is 1.63. The van der Waals surface area contributed by atoms with Gasteiger partial charge < -0.3 is 10.1 Å². The molecule has 0 fully saturated rings. The monoisotopic (exact) mass is 495 g/mol. The number of nitrogens with zero attached hydrogens (tertiary/aromatic N) is 4. The number of carbonyl (C=O) groups is 1. The summed E-state index contributed by atoms with van der Waals surface area (Å²) >= 11 is 0. The first kappa shape index (κ1) is 24.9. The molecule has 0 bridgehead atoms. The third-order valence-corrected chi connectivity index (χ3v) is 5.68. The fourth-order valence-corrected chi connectivity index (χ4v) is 3.56. The number of halogens is 3. The molecule has 4 aromatic rings. The molecule has 186 valence electrons. The van der Waals surface area contributed by atoms with Crippen LogP contribution in [0.4, 0.5) is 18.9 Å². The molecule has 0 atom stereocenters. The van der Waals surface area contributed by atoms with Crippen LogP contribution in [-0.2, 0) is 17.4 Å². The summed E-state index contributed by atoms with van der Waals surface area (Å²) in [6.45, 7) is 7.68. The molecule has 1 amide bonds. The molecule has 2 aromatic carbocycles. The first-order chi connectivity index (χ1) is 17.0. The van der Waals surface area contributed by atoms with E-state index in [0.29, 0.717) is 34.5 Å². The lowest BCUT2D eigenvalue weighted by Crippen LogP contribution is -2.14. The Labute approximate surface area is 206 Å². The molecule has 0 aliphatic heterocycles. The van der Waals surface area contributed by atoms with E-state index in [9.17, 15) is 18.0 Å². The highest BCUT2D eigenvalue weighted by Gasteiger charge is 2.30. The first-order valence-electron chi connectivity index (χ1n) is 11.1. The van der Waals surface area contributed by atoms with Crippen LogP contribution < -0.4 is 10.1 Å². The van der Waals surface area contributed by atoms with Gasteiger partial charge in [-0.25, -0.2) is 9.67 Å². The molecule has 0 aliphatic rings. The standard InChI is InChI=1S/C26H24F3N5O2/c1-15-16(2)33-34(17(15)3)23-14-25(31-18(4)30-23)36-22-11-9-21(10-12-22)32-24(35)13-19-5-7-20(8-6-19)26(27,28)29/h5-12,14H,13H2,1-4H3,(H,32,35). The molecule has 2 heterocycles. The highest BCUT2D eigenvalue weighted by Crippen LogP contribution is 2.29. The second-order valence-electron chi connectivity index (χ2n) is 8.37. The van der Waals surface area contributed by atoms with Gasteiger partial charge in [-0.05, 0) is 75.2 Å². The minimum Gasteiger partial charge on any atom is -0.439 e. The highest BCUT2D eigenvalue weighted by molar-refractivity contribution is 5.92. The third kappa shape index (κ3) is 5.70. The Bertz CT molecular complexity index is 1400. The maximum Gasteiger partial charge on any atom is 0.416 e. The number of alkyl halides is 3. The zero-order valence-electron chi connectivity index (χ0n) is 20.1. The fraction of sp³-hybridized carbons (Fsp3) is 0.231. The van der Waals surface area contributed by atoms with E-state index in [0.717, 1.165) is 29.1 Å². The number of carbonyl (C=O) groups excluding carboxylic acids is 1. The zero-order valence-corrected chi connectivity index (χ0v) is 20.1. The molecule has 10 heteroatoms. The Hall–Kier alpha value is -4.21. The second kappa shape index (κ2) is 9.80. The number of rotatable bonds is 6. The zero-order chi connectivity index (χ0) is 26.0. The summed E-state index contributed by atoms with van der Waals surface area (Å²) in [7, 11) is 0. The van der Waals surface area contributed by atoms with Crippen molar-refractivity contribution in [2.24, 2.45) is 0 Å². The van der Waals surface area contributed by atoms with E-state index in [4.69, 9.17) is 4.74 Å². The number of benzene rings is 2. The molecule has 1 N–H and O–H groups in total. The normalized spacial score (nSPS) is 11.4. The second-order valence-corrected chi connectivity index (χ2v) is 8.37. The lowest BCUT2D eigenvalue weighted by Gasteiger charge is -2.10. The predicted molar refractivity (Wildman–Crippen MR) is 128 cm³/mol. The van der Waals surface area contributed by atoms with Crippen molar-refractivity contribution in [2.75, 3.05) is 5.32 Å². The van der Waals surface area contributed by atoms with Gasteiger partial charge in [0.25, 0.3) is 0 Å². The van der Waals surface area contributed by atoms with Gasteiger partial charge in [0.05, 0.1) is 17.7 Å². The van der Waals surface area contributed by atoms with Crippen molar-refractivity contribution in [3.8, 4) is 17.4 Å². The third-order valence-electron chi connectivity index (χ3n) is 5.68. The Balaban J connectivity index is 1.41. The van der Waals surface area contributed by atoms with Gasteiger partial charge >= 0.3 is 6.18 Å². The minimum absolute atomic E-state index is 0.0504. The molecular formula is C26H24F3N5O2. The summed E-state index contributed by atoms with van der Waals surface area (Å²) in [6, 6.07) is 12.9.